The Labute approximate surface area is 147 Å². The number of thiophene rings is 1. The molecule has 9 heteroatoms. The average molecular weight is 455 g/mol. The molecule has 2 rings (SSSR count). The number of halogens is 2. The zero-order chi connectivity index (χ0) is 15.8. The highest BCUT2D eigenvalue weighted by atomic mass is 79.9. The molecule has 0 spiro atoms. The number of hydrogen-bond acceptors (Lipinski definition) is 5. The highest BCUT2D eigenvalue weighted by molar-refractivity contribution is 9.12. The van der Waals surface area contributed by atoms with Crippen LogP contribution in [0.15, 0.2) is 18.8 Å². The van der Waals surface area contributed by atoms with Crippen LogP contribution in [0.4, 0.5) is 0 Å². The maximum Gasteiger partial charge on any atom is 0.313 e. The summed E-state index contributed by atoms with van der Waals surface area (Å²) in [6.45, 7) is 6.13. The van der Waals surface area contributed by atoms with Gasteiger partial charge < -0.3 is 5.11 Å². The topological polar surface area (TPSA) is 68.0 Å². The minimum atomic E-state index is -0.871. The molecule has 21 heavy (non-hydrogen) atoms. The lowest BCUT2D eigenvalue weighted by Gasteiger charge is -2.24. The van der Waals surface area contributed by atoms with E-state index in [1.54, 1.807) is 11.3 Å². The van der Waals surface area contributed by atoms with Crippen LogP contribution in [0.5, 0.6) is 0 Å². The highest BCUT2D eigenvalue weighted by Gasteiger charge is 2.26. The van der Waals surface area contributed by atoms with E-state index >= 15 is 0 Å². The van der Waals surface area contributed by atoms with Gasteiger partial charge in [0.15, 0.2) is 11.0 Å². The fraction of sp³-hybridized carbons (Fsp3) is 0.417. The van der Waals surface area contributed by atoms with E-state index in [0.29, 0.717) is 5.16 Å². The summed E-state index contributed by atoms with van der Waals surface area (Å²) in [4.78, 5) is 10.8. The first kappa shape index (κ1) is 17.0. The second-order valence-corrected chi connectivity index (χ2v) is 9.92. The van der Waals surface area contributed by atoms with Crippen molar-refractivity contribution < 1.29 is 9.90 Å². The standard InChI is InChI=1S/C12H13Br2N3O2S2/c1-12(2,3)17-10(6-4-7(13)21-9(6)14)15-16-11(17)20-5-8(18)19/h4H,5H2,1-3H3,(H,18,19). The van der Waals surface area contributed by atoms with Gasteiger partial charge in [0.05, 0.1) is 13.3 Å². The van der Waals surface area contributed by atoms with Crippen LogP contribution in [0.3, 0.4) is 0 Å². The second kappa shape index (κ2) is 6.39. The molecule has 0 aliphatic heterocycles. The van der Waals surface area contributed by atoms with Crippen LogP contribution in [-0.4, -0.2) is 31.6 Å². The largest absolute Gasteiger partial charge is 0.481 e. The lowest BCUT2D eigenvalue weighted by Crippen LogP contribution is -2.24. The van der Waals surface area contributed by atoms with Crippen LogP contribution in [0, 0.1) is 0 Å². The number of carboxylic acids is 1. The Morgan fingerprint density at radius 2 is 2.10 bits per heavy atom. The maximum atomic E-state index is 10.8. The SMILES string of the molecule is CC(C)(C)n1c(SCC(=O)O)nnc1-c1cc(Br)sc1Br. The molecule has 0 saturated carbocycles. The Hall–Kier alpha value is -0.380. The molecular weight excluding hydrogens is 442 g/mol. The molecule has 0 radical (unpaired) electrons. The molecule has 2 aromatic heterocycles. The molecule has 0 aliphatic carbocycles. The van der Waals surface area contributed by atoms with Crippen LogP contribution in [0.2, 0.25) is 0 Å². The summed E-state index contributed by atoms with van der Waals surface area (Å²) in [5.41, 5.74) is 0.685. The highest BCUT2D eigenvalue weighted by Crippen LogP contribution is 2.40. The Kier molecular flexibility index (Phi) is 5.17. The monoisotopic (exact) mass is 453 g/mol. The normalized spacial score (nSPS) is 11.9. The lowest BCUT2D eigenvalue weighted by atomic mass is 10.1. The first-order valence-electron chi connectivity index (χ1n) is 5.96. The van der Waals surface area contributed by atoms with Gasteiger partial charge in [0.25, 0.3) is 0 Å². The van der Waals surface area contributed by atoms with E-state index in [1.165, 1.54) is 11.8 Å². The van der Waals surface area contributed by atoms with Crippen molar-refractivity contribution in [1.29, 1.82) is 0 Å². The molecule has 1 N–H and O–H groups in total. The van der Waals surface area contributed by atoms with Crippen molar-refractivity contribution in [3.8, 4) is 11.4 Å². The lowest BCUT2D eigenvalue weighted by molar-refractivity contribution is -0.133. The molecule has 0 aromatic carbocycles. The summed E-state index contributed by atoms with van der Waals surface area (Å²) in [5, 5.41) is 17.9. The molecule has 0 saturated heterocycles. The molecule has 0 unspecified atom stereocenters. The Bertz CT molecular complexity index is 677. The van der Waals surface area contributed by atoms with Gasteiger partial charge in [0.1, 0.15) is 0 Å². The fourth-order valence-electron chi connectivity index (χ4n) is 1.76. The van der Waals surface area contributed by atoms with Crippen LogP contribution in [0.1, 0.15) is 20.8 Å². The third-order valence-electron chi connectivity index (χ3n) is 2.53. The third kappa shape index (κ3) is 3.88. The van der Waals surface area contributed by atoms with Crippen LogP contribution < -0.4 is 0 Å². The summed E-state index contributed by atoms with van der Waals surface area (Å²) >= 11 is 9.73. The zero-order valence-electron chi connectivity index (χ0n) is 11.6. The van der Waals surface area contributed by atoms with E-state index in [9.17, 15) is 4.79 Å². The van der Waals surface area contributed by atoms with Gasteiger partial charge in [0.2, 0.25) is 0 Å². The summed E-state index contributed by atoms with van der Waals surface area (Å²) in [5.74, 6) is -0.184. The molecule has 0 atom stereocenters. The van der Waals surface area contributed by atoms with Crippen LogP contribution >= 0.6 is 55.0 Å². The summed E-state index contributed by atoms with van der Waals surface area (Å²) < 4.78 is 3.93. The number of carbonyl (C=O) groups is 1. The van der Waals surface area contributed by atoms with Gasteiger partial charge in [-0.05, 0) is 58.7 Å². The number of hydrogen-bond donors (Lipinski definition) is 1. The predicted octanol–water partition coefficient (Wildman–Crippen LogP) is 4.46. The molecular formula is C12H13Br2N3O2S2. The molecule has 2 aromatic rings. The van der Waals surface area contributed by atoms with Gasteiger partial charge in [-0.2, -0.15) is 0 Å². The predicted molar refractivity (Wildman–Crippen MR) is 92.1 cm³/mol. The zero-order valence-corrected chi connectivity index (χ0v) is 16.4. The third-order valence-corrected chi connectivity index (χ3v) is 5.78. The van der Waals surface area contributed by atoms with E-state index in [2.05, 4.69) is 42.1 Å². The number of rotatable bonds is 4. The van der Waals surface area contributed by atoms with E-state index < -0.39 is 5.97 Å². The summed E-state index contributed by atoms with van der Waals surface area (Å²) in [7, 11) is 0. The molecule has 5 nitrogen and oxygen atoms in total. The van der Waals surface area contributed by atoms with Gasteiger partial charge in [-0.15, -0.1) is 21.5 Å². The van der Waals surface area contributed by atoms with Gasteiger partial charge in [-0.1, -0.05) is 11.8 Å². The van der Waals surface area contributed by atoms with Crippen molar-refractivity contribution in [1.82, 2.24) is 14.8 Å². The molecule has 0 bridgehead atoms. The van der Waals surface area contributed by atoms with E-state index in [4.69, 9.17) is 5.11 Å². The van der Waals surface area contributed by atoms with Crippen LogP contribution in [0.25, 0.3) is 11.4 Å². The first-order valence-corrected chi connectivity index (χ1v) is 9.34. The molecule has 0 fully saturated rings. The minimum Gasteiger partial charge on any atom is -0.481 e. The van der Waals surface area contributed by atoms with E-state index in [-0.39, 0.29) is 11.3 Å². The summed E-state index contributed by atoms with van der Waals surface area (Å²) in [6, 6.07) is 1.98. The number of nitrogens with zero attached hydrogens (tertiary/aromatic N) is 3. The minimum absolute atomic E-state index is 0.0390. The summed E-state index contributed by atoms with van der Waals surface area (Å²) in [6.07, 6.45) is 0. The van der Waals surface area contributed by atoms with Gasteiger partial charge in [-0.3, -0.25) is 9.36 Å². The molecule has 114 valence electrons. The Morgan fingerprint density at radius 1 is 1.43 bits per heavy atom. The van der Waals surface area contributed by atoms with Crippen molar-refractivity contribution in [3.05, 3.63) is 13.6 Å². The van der Waals surface area contributed by atoms with Crippen molar-refractivity contribution in [2.24, 2.45) is 0 Å². The number of carboxylic acid groups (broad SMARTS) is 1. The van der Waals surface area contributed by atoms with E-state index in [0.717, 1.165) is 19.0 Å². The van der Waals surface area contributed by atoms with Crippen LogP contribution in [-0.2, 0) is 10.3 Å². The van der Waals surface area contributed by atoms with Gasteiger partial charge >= 0.3 is 5.97 Å². The molecule has 0 aliphatic rings. The van der Waals surface area contributed by atoms with Crippen molar-refractivity contribution >= 4 is 60.9 Å². The van der Waals surface area contributed by atoms with Gasteiger partial charge in [0, 0.05) is 11.1 Å². The van der Waals surface area contributed by atoms with Crippen molar-refractivity contribution in [2.45, 2.75) is 31.5 Å². The molecule has 2 heterocycles. The van der Waals surface area contributed by atoms with E-state index in [1.807, 2.05) is 31.4 Å². The first-order chi connectivity index (χ1) is 9.70. The number of aliphatic carboxylic acids is 1. The van der Waals surface area contributed by atoms with Gasteiger partial charge in [-0.25, -0.2) is 0 Å². The Morgan fingerprint density at radius 3 is 2.57 bits per heavy atom. The molecule has 0 amide bonds. The van der Waals surface area contributed by atoms with Crippen molar-refractivity contribution in [2.75, 3.05) is 5.75 Å². The van der Waals surface area contributed by atoms with Crippen molar-refractivity contribution in [3.63, 3.8) is 0 Å². The fourth-order valence-corrected chi connectivity index (χ4v) is 5.39. The quantitative estimate of drug-likeness (QED) is 0.690. The Balaban J connectivity index is 2.52. The average Bonchev–Trinajstić information content (AvgIpc) is 2.88. The second-order valence-electron chi connectivity index (χ2n) is 5.23. The number of aromatic nitrogens is 3. The maximum absolute atomic E-state index is 10.8. The number of thioether (sulfide) groups is 1. The smallest absolute Gasteiger partial charge is 0.313 e.